The average Bonchev–Trinajstić information content (AvgIpc) is 3.52. The van der Waals surface area contributed by atoms with Gasteiger partial charge in [-0.2, -0.15) is 4.98 Å². The zero-order chi connectivity index (χ0) is 20.4. The Balaban J connectivity index is 1.50. The Morgan fingerprint density at radius 3 is 2.59 bits per heavy atom. The lowest BCUT2D eigenvalue weighted by Crippen LogP contribution is -2.52. The molecule has 152 valence electrons. The number of carbonyl (C=O) groups is 2. The van der Waals surface area contributed by atoms with Gasteiger partial charge in [-0.05, 0) is 37.1 Å². The van der Waals surface area contributed by atoms with Crippen molar-refractivity contribution in [3.8, 4) is 0 Å². The molecule has 1 aromatic carbocycles. The number of ether oxygens (including phenoxy) is 1. The van der Waals surface area contributed by atoms with Crippen LogP contribution in [0.2, 0.25) is 0 Å². The molecule has 0 spiro atoms. The van der Waals surface area contributed by atoms with E-state index in [1.165, 1.54) is 6.20 Å². The minimum atomic E-state index is -0.571. The predicted molar refractivity (Wildman–Crippen MR) is 108 cm³/mol. The molecule has 6 N–H and O–H groups in total. The van der Waals surface area contributed by atoms with Gasteiger partial charge in [-0.3, -0.25) is 9.59 Å². The van der Waals surface area contributed by atoms with Crippen molar-refractivity contribution >= 4 is 35.0 Å². The molecular weight excluding hydrogens is 374 g/mol. The van der Waals surface area contributed by atoms with Gasteiger partial charge in [0.15, 0.2) is 0 Å². The van der Waals surface area contributed by atoms with Crippen molar-refractivity contribution in [1.82, 2.24) is 9.97 Å². The van der Waals surface area contributed by atoms with E-state index >= 15 is 0 Å². The molecule has 1 aliphatic heterocycles. The molecule has 1 unspecified atom stereocenters. The van der Waals surface area contributed by atoms with Crippen LogP contribution in [0.4, 0.5) is 23.1 Å². The molecule has 29 heavy (non-hydrogen) atoms. The standard InChI is InChI=1S/C19H23N7O3/c20-16(27)14-9-22-19(25-18(14)23-11-1-2-11)24-12-3-5-13(6-4-12)26-7-8-29-10-15(26)17(21)28/h3-6,9,11,15H,1-2,7-8,10H2,(H2,20,27)(H2,21,28)(H2,22,23,24,25). The second-order valence-electron chi connectivity index (χ2n) is 7.10. The summed E-state index contributed by atoms with van der Waals surface area (Å²) in [4.78, 5) is 33.8. The first kappa shape index (κ1) is 18.9. The van der Waals surface area contributed by atoms with Crippen molar-refractivity contribution in [2.45, 2.75) is 24.9 Å². The van der Waals surface area contributed by atoms with Crippen LogP contribution in [0.5, 0.6) is 0 Å². The smallest absolute Gasteiger partial charge is 0.254 e. The number of aromatic nitrogens is 2. The summed E-state index contributed by atoms with van der Waals surface area (Å²) in [6.07, 6.45) is 3.50. The molecule has 10 nitrogen and oxygen atoms in total. The van der Waals surface area contributed by atoms with Crippen LogP contribution in [0.15, 0.2) is 30.5 Å². The minimum Gasteiger partial charge on any atom is -0.377 e. The van der Waals surface area contributed by atoms with Gasteiger partial charge < -0.3 is 31.7 Å². The Morgan fingerprint density at radius 1 is 1.17 bits per heavy atom. The highest BCUT2D eigenvalue weighted by Gasteiger charge is 2.28. The van der Waals surface area contributed by atoms with Crippen molar-refractivity contribution in [2.75, 3.05) is 35.3 Å². The second kappa shape index (κ2) is 7.92. The number of benzene rings is 1. The molecule has 1 atom stereocenters. The van der Waals surface area contributed by atoms with Crippen LogP contribution in [-0.2, 0) is 9.53 Å². The summed E-state index contributed by atoms with van der Waals surface area (Å²) in [5.74, 6) is -0.192. The van der Waals surface area contributed by atoms with Crippen molar-refractivity contribution < 1.29 is 14.3 Å². The van der Waals surface area contributed by atoms with E-state index in [0.29, 0.717) is 31.0 Å². The van der Waals surface area contributed by atoms with E-state index in [1.807, 2.05) is 29.2 Å². The van der Waals surface area contributed by atoms with Crippen molar-refractivity contribution in [1.29, 1.82) is 0 Å². The molecule has 10 heteroatoms. The van der Waals surface area contributed by atoms with Crippen LogP contribution in [0.1, 0.15) is 23.2 Å². The molecule has 0 radical (unpaired) electrons. The quantitative estimate of drug-likeness (QED) is 0.530. The highest BCUT2D eigenvalue weighted by atomic mass is 16.5. The topological polar surface area (TPSA) is 148 Å². The fraction of sp³-hybridized carbons (Fsp3) is 0.368. The lowest BCUT2D eigenvalue weighted by molar-refractivity contribution is -0.121. The van der Waals surface area contributed by atoms with Crippen LogP contribution in [0.3, 0.4) is 0 Å². The van der Waals surface area contributed by atoms with Crippen LogP contribution in [0.25, 0.3) is 0 Å². The average molecular weight is 397 g/mol. The maximum atomic E-state index is 11.7. The third-order valence-corrected chi connectivity index (χ3v) is 4.88. The summed E-state index contributed by atoms with van der Waals surface area (Å²) >= 11 is 0. The largest absolute Gasteiger partial charge is 0.377 e. The maximum absolute atomic E-state index is 11.7. The van der Waals surface area contributed by atoms with Gasteiger partial charge in [0.1, 0.15) is 11.9 Å². The molecule has 2 amide bonds. The molecule has 0 bridgehead atoms. The SMILES string of the molecule is NC(=O)c1cnc(Nc2ccc(N3CCOCC3C(N)=O)cc2)nc1NC1CC1. The van der Waals surface area contributed by atoms with Gasteiger partial charge >= 0.3 is 0 Å². The second-order valence-corrected chi connectivity index (χ2v) is 7.10. The first-order valence-electron chi connectivity index (χ1n) is 9.45. The Hall–Kier alpha value is -3.40. The first-order chi connectivity index (χ1) is 14.0. The lowest BCUT2D eigenvalue weighted by atomic mass is 10.1. The fourth-order valence-corrected chi connectivity index (χ4v) is 3.17. The summed E-state index contributed by atoms with van der Waals surface area (Å²) < 4.78 is 5.36. The molecule has 4 rings (SSSR count). The van der Waals surface area contributed by atoms with Gasteiger partial charge in [0.2, 0.25) is 11.9 Å². The number of rotatable bonds is 7. The summed E-state index contributed by atoms with van der Waals surface area (Å²) in [6, 6.07) is 7.35. The molecule has 2 heterocycles. The van der Waals surface area contributed by atoms with E-state index in [2.05, 4.69) is 20.6 Å². The molecule has 2 aliphatic rings. The predicted octanol–water partition coefficient (Wildman–Crippen LogP) is 0.584. The van der Waals surface area contributed by atoms with Crippen molar-refractivity contribution in [2.24, 2.45) is 11.5 Å². The number of primary amides is 2. The molecule has 2 aromatic rings. The summed E-state index contributed by atoms with van der Waals surface area (Å²) in [5, 5.41) is 6.32. The Labute approximate surface area is 167 Å². The van der Waals surface area contributed by atoms with Gasteiger partial charge in [0.25, 0.3) is 5.91 Å². The van der Waals surface area contributed by atoms with Gasteiger partial charge in [-0.15, -0.1) is 0 Å². The van der Waals surface area contributed by atoms with Gasteiger partial charge in [-0.25, -0.2) is 4.98 Å². The Morgan fingerprint density at radius 2 is 1.93 bits per heavy atom. The fourth-order valence-electron chi connectivity index (χ4n) is 3.17. The lowest BCUT2D eigenvalue weighted by Gasteiger charge is -2.35. The minimum absolute atomic E-state index is 0.266. The number of morpholine rings is 1. The molecule has 1 aromatic heterocycles. The first-order valence-corrected chi connectivity index (χ1v) is 9.45. The maximum Gasteiger partial charge on any atom is 0.254 e. The molecule has 1 saturated heterocycles. The van der Waals surface area contributed by atoms with E-state index in [9.17, 15) is 9.59 Å². The number of amides is 2. The molecule has 1 aliphatic carbocycles. The number of nitrogens with one attached hydrogen (secondary N) is 2. The van der Waals surface area contributed by atoms with Crippen molar-refractivity contribution in [3.63, 3.8) is 0 Å². The molecule has 1 saturated carbocycles. The van der Waals surface area contributed by atoms with E-state index in [-0.39, 0.29) is 12.2 Å². The van der Waals surface area contributed by atoms with Crippen molar-refractivity contribution in [3.05, 3.63) is 36.0 Å². The van der Waals surface area contributed by atoms with E-state index < -0.39 is 17.9 Å². The third-order valence-electron chi connectivity index (χ3n) is 4.88. The van der Waals surface area contributed by atoms with Crippen LogP contribution in [0, 0.1) is 0 Å². The van der Waals surface area contributed by atoms with Crippen LogP contribution >= 0.6 is 0 Å². The van der Waals surface area contributed by atoms with E-state index in [0.717, 1.165) is 24.2 Å². The Kier molecular flexibility index (Phi) is 5.17. The number of hydrogen-bond acceptors (Lipinski definition) is 8. The summed E-state index contributed by atoms with van der Waals surface area (Å²) in [7, 11) is 0. The molecular formula is C19H23N7O3. The van der Waals surface area contributed by atoms with E-state index in [1.54, 1.807) is 0 Å². The highest BCUT2D eigenvalue weighted by Crippen LogP contribution is 2.27. The summed E-state index contributed by atoms with van der Waals surface area (Å²) in [5.41, 5.74) is 12.8. The number of carbonyl (C=O) groups excluding carboxylic acids is 2. The highest BCUT2D eigenvalue weighted by molar-refractivity contribution is 5.97. The number of anilines is 4. The number of nitrogens with two attached hydrogens (primary N) is 2. The summed E-state index contributed by atoms with van der Waals surface area (Å²) in [6.45, 7) is 1.42. The number of nitrogens with zero attached hydrogens (tertiary/aromatic N) is 3. The van der Waals surface area contributed by atoms with Gasteiger partial charge in [-0.1, -0.05) is 0 Å². The number of hydrogen-bond donors (Lipinski definition) is 4. The molecule has 2 fully saturated rings. The van der Waals surface area contributed by atoms with Crippen LogP contribution in [-0.4, -0.2) is 53.6 Å². The zero-order valence-corrected chi connectivity index (χ0v) is 15.8. The zero-order valence-electron chi connectivity index (χ0n) is 15.8. The monoisotopic (exact) mass is 397 g/mol. The van der Waals surface area contributed by atoms with Gasteiger partial charge in [0, 0.05) is 30.2 Å². The van der Waals surface area contributed by atoms with E-state index in [4.69, 9.17) is 16.2 Å². The third kappa shape index (κ3) is 4.37. The normalized spacial score (nSPS) is 18.9. The van der Waals surface area contributed by atoms with Gasteiger partial charge in [0.05, 0.1) is 18.8 Å². The Bertz CT molecular complexity index is 915. The van der Waals surface area contributed by atoms with Crippen LogP contribution < -0.4 is 27.0 Å².